The normalized spacial score (nSPS) is 10.8. The van der Waals surface area contributed by atoms with Crippen molar-refractivity contribution in [3.05, 3.63) is 21.9 Å². The van der Waals surface area contributed by atoms with E-state index in [4.69, 9.17) is 10.5 Å². The molecule has 1 heterocycles. The van der Waals surface area contributed by atoms with Crippen molar-refractivity contribution in [3.8, 4) is 11.8 Å². The molecule has 4 nitrogen and oxygen atoms in total. The number of nitrogens with zero attached hydrogens (tertiary/aromatic N) is 1. The molecule has 110 valence electrons. The van der Waals surface area contributed by atoms with Gasteiger partial charge in [0.2, 0.25) is 5.91 Å². The molecular weight excluding hydrogens is 272 g/mol. The number of nitrogens with two attached hydrogens (primary N) is 1. The minimum absolute atomic E-state index is 0.0673. The molecule has 0 unspecified atom stereocenters. The maximum Gasteiger partial charge on any atom is 0.225 e. The quantitative estimate of drug-likeness (QED) is 0.843. The fourth-order valence-electron chi connectivity index (χ4n) is 1.60. The molecule has 20 heavy (non-hydrogen) atoms. The highest BCUT2D eigenvalue weighted by molar-refractivity contribution is 7.10. The van der Waals surface area contributed by atoms with Crippen LogP contribution in [0, 0.1) is 11.8 Å². The van der Waals surface area contributed by atoms with Gasteiger partial charge in [-0.25, -0.2) is 0 Å². The molecule has 0 spiro atoms. The van der Waals surface area contributed by atoms with Gasteiger partial charge in [-0.05, 0) is 30.9 Å². The molecule has 0 atom stereocenters. The number of amides is 1. The lowest BCUT2D eigenvalue weighted by molar-refractivity contribution is -0.135. The van der Waals surface area contributed by atoms with Crippen LogP contribution in [0.1, 0.15) is 30.7 Å². The zero-order valence-electron chi connectivity index (χ0n) is 12.5. The van der Waals surface area contributed by atoms with E-state index in [0.717, 1.165) is 10.4 Å². The zero-order chi connectivity index (χ0) is 15.2. The first-order valence-corrected chi connectivity index (χ1v) is 7.31. The van der Waals surface area contributed by atoms with E-state index in [9.17, 15) is 4.79 Å². The summed E-state index contributed by atoms with van der Waals surface area (Å²) in [5.74, 6) is 5.89. The van der Waals surface area contributed by atoms with Crippen LogP contribution >= 0.6 is 11.3 Å². The molecule has 1 aromatic rings. The fraction of sp³-hybridized carbons (Fsp3) is 0.533. The molecule has 0 saturated carbocycles. The molecule has 2 N–H and O–H groups in total. The Balaban J connectivity index is 2.59. The second-order valence-corrected chi connectivity index (χ2v) is 6.13. The van der Waals surface area contributed by atoms with Crippen molar-refractivity contribution in [3.63, 3.8) is 0 Å². The lowest BCUT2D eigenvalue weighted by Gasteiger charge is -2.25. The number of thiophene rings is 1. The van der Waals surface area contributed by atoms with E-state index < -0.39 is 5.60 Å². The Morgan fingerprint density at radius 1 is 1.55 bits per heavy atom. The first-order chi connectivity index (χ1) is 9.38. The summed E-state index contributed by atoms with van der Waals surface area (Å²) in [5.41, 5.74) is 5.99. The number of ether oxygens (including phenoxy) is 1. The number of carbonyl (C=O) groups is 1. The lowest BCUT2D eigenvalue weighted by Crippen LogP contribution is -2.34. The Hall–Kier alpha value is -1.35. The summed E-state index contributed by atoms with van der Waals surface area (Å²) >= 11 is 1.57. The lowest BCUT2D eigenvalue weighted by atomic mass is 10.0. The standard InChI is InChI=1S/C15H22N2O2S/c1-15(2,19-4)9-14(18)17(3)10-12-8-13(20-11-12)6-5-7-16/h8,11H,7,9-10,16H2,1-4H3. The topological polar surface area (TPSA) is 55.6 Å². The highest BCUT2D eigenvalue weighted by Gasteiger charge is 2.23. The molecule has 1 aromatic heterocycles. The molecule has 5 heteroatoms. The summed E-state index contributed by atoms with van der Waals surface area (Å²) < 4.78 is 5.28. The van der Waals surface area contributed by atoms with Crippen molar-refractivity contribution >= 4 is 17.2 Å². The summed E-state index contributed by atoms with van der Waals surface area (Å²) in [6.07, 6.45) is 0.365. The van der Waals surface area contributed by atoms with E-state index in [1.165, 1.54) is 0 Å². The fourth-order valence-corrected chi connectivity index (χ4v) is 2.37. The van der Waals surface area contributed by atoms with Crippen molar-refractivity contribution in [1.82, 2.24) is 4.90 Å². The van der Waals surface area contributed by atoms with Crippen LogP contribution in [0.25, 0.3) is 0 Å². The maximum absolute atomic E-state index is 12.1. The Bertz CT molecular complexity index is 511. The third-order valence-electron chi connectivity index (χ3n) is 2.94. The average molecular weight is 294 g/mol. The molecule has 0 saturated heterocycles. The Morgan fingerprint density at radius 3 is 2.85 bits per heavy atom. The molecular formula is C15H22N2O2S. The predicted molar refractivity (Wildman–Crippen MR) is 82.4 cm³/mol. The van der Waals surface area contributed by atoms with Crippen LogP contribution in [-0.4, -0.2) is 37.1 Å². The molecule has 0 aromatic carbocycles. The Morgan fingerprint density at radius 2 is 2.25 bits per heavy atom. The van der Waals surface area contributed by atoms with Gasteiger partial charge in [-0.2, -0.15) is 0 Å². The number of rotatable bonds is 5. The van der Waals surface area contributed by atoms with Gasteiger partial charge in [0.1, 0.15) is 0 Å². The van der Waals surface area contributed by atoms with Crippen LogP contribution in [-0.2, 0) is 16.1 Å². The summed E-state index contributed by atoms with van der Waals surface area (Å²) in [6, 6.07) is 2.00. The smallest absolute Gasteiger partial charge is 0.225 e. The molecule has 0 fully saturated rings. The maximum atomic E-state index is 12.1. The van der Waals surface area contributed by atoms with Gasteiger partial charge >= 0.3 is 0 Å². The van der Waals surface area contributed by atoms with Crippen molar-refractivity contribution in [2.75, 3.05) is 20.7 Å². The van der Waals surface area contributed by atoms with Crippen LogP contribution in [0.4, 0.5) is 0 Å². The summed E-state index contributed by atoms with van der Waals surface area (Å²) in [7, 11) is 3.42. The van der Waals surface area contributed by atoms with Crippen LogP contribution < -0.4 is 5.73 Å². The van der Waals surface area contributed by atoms with Gasteiger partial charge in [-0.3, -0.25) is 4.79 Å². The number of carbonyl (C=O) groups excluding carboxylic acids is 1. The van der Waals surface area contributed by atoms with Gasteiger partial charge < -0.3 is 15.4 Å². The predicted octanol–water partition coefficient (Wildman–Crippen LogP) is 1.83. The monoisotopic (exact) mass is 294 g/mol. The van der Waals surface area contributed by atoms with Gasteiger partial charge in [0.05, 0.1) is 23.4 Å². The van der Waals surface area contributed by atoms with Crippen LogP contribution in [0.3, 0.4) is 0 Å². The number of methoxy groups -OCH3 is 1. The highest BCUT2D eigenvalue weighted by atomic mass is 32.1. The summed E-state index contributed by atoms with van der Waals surface area (Å²) in [6.45, 7) is 4.75. The molecule has 0 aliphatic carbocycles. The Labute approximate surface area is 124 Å². The minimum Gasteiger partial charge on any atom is -0.378 e. The van der Waals surface area contributed by atoms with Crippen LogP contribution in [0.2, 0.25) is 0 Å². The average Bonchev–Trinajstić information content (AvgIpc) is 2.83. The van der Waals surface area contributed by atoms with Crippen molar-refractivity contribution < 1.29 is 9.53 Å². The van der Waals surface area contributed by atoms with E-state index in [1.807, 2.05) is 25.3 Å². The molecule has 0 radical (unpaired) electrons. The van der Waals surface area contributed by atoms with Crippen LogP contribution in [0.5, 0.6) is 0 Å². The first kappa shape index (κ1) is 16.7. The van der Waals surface area contributed by atoms with Crippen molar-refractivity contribution in [2.24, 2.45) is 5.73 Å². The van der Waals surface area contributed by atoms with Gasteiger partial charge in [-0.1, -0.05) is 11.8 Å². The first-order valence-electron chi connectivity index (χ1n) is 6.43. The van der Waals surface area contributed by atoms with Gasteiger partial charge in [0.25, 0.3) is 0 Å². The van der Waals surface area contributed by atoms with Crippen LogP contribution in [0.15, 0.2) is 11.4 Å². The third kappa shape index (κ3) is 5.33. The van der Waals surface area contributed by atoms with Gasteiger partial charge in [-0.15, -0.1) is 11.3 Å². The zero-order valence-corrected chi connectivity index (χ0v) is 13.3. The van der Waals surface area contributed by atoms with E-state index >= 15 is 0 Å². The summed E-state index contributed by atoms with van der Waals surface area (Å²) in [4.78, 5) is 14.8. The molecule has 1 amide bonds. The van der Waals surface area contributed by atoms with E-state index in [-0.39, 0.29) is 5.91 Å². The highest BCUT2D eigenvalue weighted by Crippen LogP contribution is 2.18. The SMILES string of the molecule is COC(C)(C)CC(=O)N(C)Cc1csc(C#CCN)c1. The summed E-state index contributed by atoms with van der Waals surface area (Å²) in [5, 5.41) is 2.02. The third-order valence-corrected chi connectivity index (χ3v) is 3.84. The molecule has 0 bridgehead atoms. The van der Waals surface area contributed by atoms with E-state index in [1.54, 1.807) is 30.4 Å². The molecule has 1 rings (SSSR count). The van der Waals surface area contributed by atoms with E-state index in [0.29, 0.717) is 19.5 Å². The van der Waals surface area contributed by atoms with Crippen molar-refractivity contribution in [1.29, 1.82) is 0 Å². The second-order valence-electron chi connectivity index (χ2n) is 5.22. The molecule has 0 aliphatic heterocycles. The van der Waals surface area contributed by atoms with Gasteiger partial charge in [0.15, 0.2) is 0 Å². The number of hydrogen-bond acceptors (Lipinski definition) is 4. The largest absolute Gasteiger partial charge is 0.378 e. The van der Waals surface area contributed by atoms with Gasteiger partial charge in [0, 0.05) is 20.7 Å². The van der Waals surface area contributed by atoms with Crippen molar-refractivity contribution in [2.45, 2.75) is 32.4 Å². The molecule has 0 aliphatic rings. The Kier molecular flexibility index (Phi) is 6.21. The minimum atomic E-state index is -0.433. The van der Waals surface area contributed by atoms with E-state index in [2.05, 4.69) is 11.8 Å². The second kappa shape index (κ2) is 7.44. The number of hydrogen-bond donors (Lipinski definition) is 1.